The van der Waals surface area contributed by atoms with E-state index in [9.17, 15) is 4.79 Å². The predicted octanol–water partition coefficient (Wildman–Crippen LogP) is 3.63. The number of rotatable bonds is 6. The normalized spacial score (nSPS) is 10.5. The minimum Gasteiger partial charge on any atom is -0.497 e. The minimum absolute atomic E-state index is 0.125. The first-order valence-corrected chi connectivity index (χ1v) is 8.11. The van der Waals surface area contributed by atoms with Crippen molar-refractivity contribution in [3.63, 3.8) is 0 Å². The number of carbonyl (C=O) groups is 1. The van der Waals surface area contributed by atoms with E-state index in [1.54, 1.807) is 31.4 Å². The molecule has 0 saturated carbocycles. The van der Waals surface area contributed by atoms with E-state index >= 15 is 0 Å². The van der Waals surface area contributed by atoms with Gasteiger partial charge in [-0.05, 0) is 24.3 Å². The molecule has 0 aliphatic rings. The van der Waals surface area contributed by atoms with Gasteiger partial charge in [-0.25, -0.2) is 4.98 Å². The van der Waals surface area contributed by atoms with E-state index in [-0.39, 0.29) is 5.91 Å². The Balaban J connectivity index is 1.63. The van der Waals surface area contributed by atoms with Crippen LogP contribution >= 0.6 is 0 Å². The van der Waals surface area contributed by atoms with E-state index < -0.39 is 0 Å². The van der Waals surface area contributed by atoms with E-state index in [2.05, 4.69) is 10.3 Å². The third kappa shape index (κ3) is 4.07. The van der Waals surface area contributed by atoms with Gasteiger partial charge in [0.2, 0.25) is 0 Å². The second kappa shape index (κ2) is 7.66. The molecule has 3 rings (SSSR count). The molecule has 0 spiro atoms. The standard InChI is InChI=1S/C20H20N2O3/c1-14-22-19(15-6-4-3-5-7-15)18(25-14)12-13-21-20(23)16-8-10-17(24-2)11-9-16/h3-11H,12-13H2,1-2H3,(H,21,23). The van der Waals surface area contributed by atoms with E-state index in [1.807, 2.05) is 37.3 Å². The first-order chi connectivity index (χ1) is 12.2. The van der Waals surface area contributed by atoms with Gasteiger partial charge in [0.15, 0.2) is 5.89 Å². The van der Waals surface area contributed by atoms with Gasteiger partial charge in [-0.1, -0.05) is 30.3 Å². The summed E-state index contributed by atoms with van der Waals surface area (Å²) in [5, 5.41) is 2.91. The lowest BCUT2D eigenvalue weighted by Crippen LogP contribution is -2.25. The molecule has 128 valence electrons. The summed E-state index contributed by atoms with van der Waals surface area (Å²) in [6.07, 6.45) is 0.576. The molecular formula is C20H20N2O3. The molecule has 2 aromatic carbocycles. The molecule has 1 N–H and O–H groups in total. The lowest BCUT2D eigenvalue weighted by Gasteiger charge is -2.06. The monoisotopic (exact) mass is 336 g/mol. The number of methoxy groups -OCH3 is 1. The number of ether oxygens (including phenoxy) is 1. The molecule has 1 amide bonds. The van der Waals surface area contributed by atoms with Crippen molar-refractivity contribution in [2.75, 3.05) is 13.7 Å². The van der Waals surface area contributed by atoms with Crippen LogP contribution in [0.3, 0.4) is 0 Å². The summed E-state index contributed by atoms with van der Waals surface area (Å²) in [6.45, 7) is 2.30. The van der Waals surface area contributed by atoms with Crippen molar-refractivity contribution in [1.29, 1.82) is 0 Å². The third-order valence-corrected chi connectivity index (χ3v) is 3.84. The molecule has 0 unspecified atom stereocenters. The van der Waals surface area contributed by atoms with E-state index in [0.29, 0.717) is 24.4 Å². The lowest BCUT2D eigenvalue weighted by atomic mass is 10.1. The average Bonchev–Trinajstić information content (AvgIpc) is 3.03. The fourth-order valence-corrected chi connectivity index (χ4v) is 2.59. The number of hydrogen-bond donors (Lipinski definition) is 1. The number of benzene rings is 2. The smallest absolute Gasteiger partial charge is 0.251 e. The first kappa shape index (κ1) is 16.8. The Morgan fingerprint density at radius 1 is 1.12 bits per heavy atom. The summed E-state index contributed by atoms with van der Waals surface area (Å²) >= 11 is 0. The van der Waals surface area contributed by atoms with Crippen molar-refractivity contribution < 1.29 is 13.9 Å². The molecule has 0 aliphatic heterocycles. The lowest BCUT2D eigenvalue weighted by molar-refractivity contribution is 0.0953. The third-order valence-electron chi connectivity index (χ3n) is 3.84. The van der Waals surface area contributed by atoms with Gasteiger partial charge in [-0.2, -0.15) is 0 Å². The zero-order valence-electron chi connectivity index (χ0n) is 14.3. The minimum atomic E-state index is -0.125. The van der Waals surface area contributed by atoms with Crippen LogP contribution in [0.15, 0.2) is 59.0 Å². The number of nitrogens with zero attached hydrogens (tertiary/aromatic N) is 1. The number of aryl methyl sites for hydroxylation is 1. The van der Waals surface area contributed by atoms with Gasteiger partial charge >= 0.3 is 0 Å². The topological polar surface area (TPSA) is 64.4 Å². The van der Waals surface area contributed by atoms with Gasteiger partial charge in [0, 0.05) is 31.0 Å². The van der Waals surface area contributed by atoms with Crippen LogP contribution in [0.1, 0.15) is 22.0 Å². The first-order valence-electron chi connectivity index (χ1n) is 8.11. The van der Waals surface area contributed by atoms with Crippen LogP contribution in [0.2, 0.25) is 0 Å². The van der Waals surface area contributed by atoms with Crippen LogP contribution in [0.25, 0.3) is 11.3 Å². The van der Waals surface area contributed by atoms with Gasteiger partial charge in [0.05, 0.1) is 7.11 Å². The van der Waals surface area contributed by atoms with Gasteiger partial charge in [0.25, 0.3) is 5.91 Å². The molecule has 1 aromatic heterocycles. The molecule has 0 aliphatic carbocycles. The number of carbonyl (C=O) groups excluding carboxylic acids is 1. The zero-order valence-corrected chi connectivity index (χ0v) is 14.3. The number of oxazole rings is 1. The molecular weight excluding hydrogens is 316 g/mol. The summed E-state index contributed by atoms with van der Waals surface area (Å²) in [5.74, 6) is 2.00. The van der Waals surface area contributed by atoms with Crippen molar-refractivity contribution in [2.45, 2.75) is 13.3 Å². The molecule has 3 aromatic rings. The molecule has 25 heavy (non-hydrogen) atoms. The van der Waals surface area contributed by atoms with Crippen LogP contribution in [-0.2, 0) is 6.42 Å². The predicted molar refractivity (Wildman–Crippen MR) is 95.7 cm³/mol. The Labute approximate surface area is 146 Å². The SMILES string of the molecule is COc1ccc(C(=O)NCCc2oc(C)nc2-c2ccccc2)cc1. The summed E-state index contributed by atoms with van der Waals surface area (Å²) in [6, 6.07) is 16.9. The molecule has 1 heterocycles. The van der Waals surface area contributed by atoms with Crippen molar-refractivity contribution >= 4 is 5.91 Å². The number of aromatic nitrogens is 1. The fraction of sp³-hybridized carbons (Fsp3) is 0.200. The Bertz CT molecular complexity index is 839. The summed E-state index contributed by atoms with van der Waals surface area (Å²) < 4.78 is 10.8. The molecule has 0 saturated heterocycles. The summed E-state index contributed by atoms with van der Waals surface area (Å²) in [7, 11) is 1.60. The van der Waals surface area contributed by atoms with Crippen LogP contribution in [0.4, 0.5) is 0 Å². The molecule has 0 fully saturated rings. The van der Waals surface area contributed by atoms with Crippen LogP contribution < -0.4 is 10.1 Å². The highest BCUT2D eigenvalue weighted by molar-refractivity contribution is 5.94. The molecule has 0 bridgehead atoms. The Hall–Kier alpha value is -3.08. The highest BCUT2D eigenvalue weighted by atomic mass is 16.5. The summed E-state index contributed by atoms with van der Waals surface area (Å²) in [5.41, 5.74) is 2.44. The van der Waals surface area contributed by atoms with Crippen LogP contribution in [-0.4, -0.2) is 24.5 Å². The van der Waals surface area contributed by atoms with E-state index in [4.69, 9.17) is 9.15 Å². The van der Waals surface area contributed by atoms with Crippen LogP contribution in [0, 0.1) is 6.92 Å². The number of nitrogens with one attached hydrogen (secondary N) is 1. The van der Waals surface area contributed by atoms with Gasteiger partial charge < -0.3 is 14.5 Å². The second-order valence-electron chi connectivity index (χ2n) is 5.61. The Morgan fingerprint density at radius 2 is 1.84 bits per heavy atom. The van der Waals surface area contributed by atoms with Crippen molar-refractivity contribution in [3.05, 3.63) is 71.8 Å². The van der Waals surface area contributed by atoms with Gasteiger partial charge in [0.1, 0.15) is 17.2 Å². The van der Waals surface area contributed by atoms with Gasteiger partial charge in [-0.15, -0.1) is 0 Å². The summed E-state index contributed by atoms with van der Waals surface area (Å²) in [4.78, 5) is 16.7. The molecule has 5 heteroatoms. The largest absolute Gasteiger partial charge is 0.497 e. The van der Waals surface area contributed by atoms with E-state index in [1.165, 1.54) is 0 Å². The fourth-order valence-electron chi connectivity index (χ4n) is 2.59. The van der Waals surface area contributed by atoms with E-state index in [0.717, 1.165) is 22.8 Å². The van der Waals surface area contributed by atoms with Crippen molar-refractivity contribution in [3.8, 4) is 17.0 Å². The van der Waals surface area contributed by atoms with Crippen molar-refractivity contribution in [2.24, 2.45) is 0 Å². The Kier molecular flexibility index (Phi) is 5.14. The average molecular weight is 336 g/mol. The maximum Gasteiger partial charge on any atom is 0.251 e. The Morgan fingerprint density at radius 3 is 2.52 bits per heavy atom. The highest BCUT2D eigenvalue weighted by Crippen LogP contribution is 2.23. The molecule has 0 radical (unpaired) electrons. The van der Waals surface area contributed by atoms with Crippen molar-refractivity contribution in [1.82, 2.24) is 10.3 Å². The zero-order chi connectivity index (χ0) is 17.6. The quantitative estimate of drug-likeness (QED) is 0.746. The van der Waals surface area contributed by atoms with Gasteiger partial charge in [-0.3, -0.25) is 4.79 Å². The maximum atomic E-state index is 12.2. The molecule has 0 atom stereocenters. The van der Waals surface area contributed by atoms with Crippen LogP contribution in [0.5, 0.6) is 5.75 Å². The maximum absolute atomic E-state index is 12.2. The number of hydrogen-bond acceptors (Lipinski definition) is 4. The number of amides is 1. The highest BCUT2D eigenvalue weighted by Gasteiger charge is 2.13. The molecule has 5 nitrogen and oxygen atoms in total. The second-order valence-corrected chi connectivity index (χ2v) is 5.61.